The van der Waals surface area contributed by atoms with E-state index in [1.807, 2.05) is 0 Å². The number of carbonyl (C=O) groups is 1. The van der Waals surface area contributed by atoms with Crippen molar-refractivity contribution in [2.75, 3.05) is 0 Å². The van der Waals surface area contributed by atoms with Gasteiger partial charge in [-0.1, -0.05) is 0 Å². The molecule has 7 heteroatoms. The summed E-state index contributed by atoms with van der Waals surface area (Å²) in [5, 5.41) is 14.6. The number of carbonyl (C=O) groups excluding carboxylic acids is 1. The molecule has 1 aromatic carbocycles. The van der Waals surface area contributed by atoms with Crippen LogP contribution < -0.4 is 5.32 Å². The first kappa shape index (κ1) is 11.8. The van der Waals surface area contributed by atoms with E-state index >= 15 is 0 Å². The fourth-order valence-corrected chi connectivity index (χ4v) is 1.65. The lowest BCUT2D eigenvalue weighted by molar-refractivity contribution is -0.122. The third-order valence-corrected chi connectivity index (χ3v) is 2.78. The minimum atomic E-state index is -0.319. The first-order valence-electron chi connectivity index (χ1n) is 6.04. The van der Waals surface area contributed by atoms with Gasteiger partial charge < -0.3 is 5.32 Å². The Bertz CT molecular complexity index is 590. The van der Waals surface area contributed by atoms with Crippen LogP contribution in [0.25, 0.3) is 11.4 Å². The maximum Gasteiger partial charge on any atom is 0.243 e. The number of tetrazole rings is 1. The lowest BCUT2D eigenvalue weighted by Gasteiger charge is -2.00. The van der Waals surface area contributed by atoms with E-state index in [1.165, 1.54) is 16.9 Å². The molecule has 1 aliphatic carbocycles. The summed E-state index contributed by atoms with van der Waals surface area (Å²) in [6.07, 6.45) is 2.08. The first-order chi connectivity index (χ1) is 9.20. The van der Waals surface area contributed by atoms with Crippen LogP contribution in [0, 0.1) is 5.82 Å². The van der Waals surface area contributed by atoms with Crippen molar-refractivity contribution in [1.82, 2.24) is 25.5 Å². The molecule has 0 saturated heterocycles. The highest BCUT2D eigenvalue weighted by Crippen LogP contribution is 2.18. The minimum absolute atomic E-state index is 0.0463. The number of hydrogen-bond donors (Lipinski definition) is 1. The molecule has 98 valence electrons. The molecule has 2 aromatic rings. The van der Waals surface area contributed by atoms with Crippen molar-refractivity contribution in [2.45, 2.75) is 25.4 Å². The normalized spacial score (nSPS) is 14.4. The maximum absolute atomic E-state index is 12.8. The second-order valence-electron chi connectivity index (χ2n) is 4.49. The van der Waals surface area contributed by atoms with Crippen LogP contribution in [0.15, 0.2) is 24.3 Å². The summed E-state index contributed by atoms with van der Waals surface area (Å²) in [6.45, 7) is 0.0463. The van der Waals surface area contributed by atoms with Crippen LogP contribution >= 0.6 is 0 Å². The number of amides is 1. The Morgan fingerprint density at radius 3 is 2.79 bits per heavy atom. The summed E-state index contributed by atoms with van der Waals surface area (Å²) in [5.74, 6) is -0.0651. The standard InChI is InChI=1S/C12H12FN5O/c13-9-3-1-8(2-4-9)12-15-17-18(16-12)7-11(19)14-10-5-6-10/h1-4,10H,5-7H2,(H,14,19). The maximum atomic E-state index is 12.8. The van der Waals surface area contributed by atoms with Crippen molar-refractivity contribution in [2.24, 2.45) is 0 Å². The van der Waals surface area contributed by atoms with E-state index in [9.17, 15) is 9.18 Å². The van der Waals surface area contributed by atoms with E-state index in [2.05, 4.69) is 20.7 Å². The van der Waals surface area contributed by atoms with Crippen LogP contribution in [0.1, 0.15) is 12.8 Å². The third kappa shape index (κ3) is 2.93. The highest BCUT2D eigenvalue weighted by molar-refractivity contribution is 5.76. The molecule has 19 heavy (non-hydrogen) atoms. The van der Waals surface area contributed by atoms with Gasteiger partial charge in [0, 0.05) is 11.6 Å². The molecule has 3 rings (SSSR count). The zero-order valence-electron chi connectivity index (χ0n) is 10.1. The number of nitrogens with one attached hydrogen (secondary N) is 1. The van der Waals surface area contributed by atoms with Gasteiger partial charge in [-0.2, -0.15) is 4.80 Å². The predicted octanol–water partition coefficient (Wildman–Crippen LogP) is 0.758. The zero-order chi connectivity index (χ0) is 13.2. The van der Waals surface area contributed by atoms with Gasteiger partial charge in [-0.3, -0.25) is 4.79 Å². The van der Waals surface area contributed by atoms with E-state index in [0.29, 0.717) is 17.4 Å². The van der Waals surface area contributed by atoms with Crippen LogP contribution in [0.3, 0.4) is 0 Å². The topological polar surface area (TPSA) is 72.7 Å². The molecule has 0 aliphatic heterocycles. The molecule has 1 saturated carbocycles. The number of benzene rings is 1. The average molecular weight is 261 g/mol. The van der Waals surface area contributed by atoms with Crippen molar-refractivity contribution >= 4 is 5.91 Å². The van der Waals surface area contributed by atoms with Gasteiger partial charge in [0.25, 0.3) is 0 Å². The van der Waals surface area contributed by atoms with Gasteiger partial charge in [0.1, 0.15) is 12.4 Å². The molecule has 0 radical (unpaired) electrons. The van der Waals surface area contributed by atoms with Gasteiger partial charge in [-0.05, 0) is 42.3 Å². The quantitative estimate of drug-likeness (QED) is 0.881. The van der Waals surface area contributed by atoms with Gasteiger partial charge >= 0.3 is 0 Å². The lowest BCUT2D eigenvalue weighted by Crippen LogP contribution is -2.30. The molecule has 0 spiro atoms. The van der Waals surface area contributed by atoms with Gasteiger partial charge in [0.05, 0.1) is 0 Å². The molecule has 1 fully saturated rings. The molecule has 1 amide bonds. The van der Waals surface area contributed by atoms with Crippen LogP contribution in [0.2, 0.25) is 0 Å². The van der Waals surface area contributed by atoms with E-state index in [0.717, 1.165) is 12.8 Å². The van der Waals surface area contributed by atoms with E-state index in [1.54, 1.807) is 12.1 Å². The smallest absolute Gasteiger partial charge is 0.243 e. The fraction of sp³-hybridized carbons (Fsp3) is 0.333. The lowest BCUT2D eigenvalue weighted by atomic mass is 10.2. The third-order valence-electron chi connectivity index (χ3n) is 2.78. The average Bonchev–Trinajstić information content (AvgIpc) is 3.07. The van der Waals surface area contributed by atoms with E-state index in [4.69, 9.17) is 0 Å². The van der Waals surface area contributed by atoms with Crippen LogP contribution in [-0.2, 0) is 11.3 Å². The molecule has 0 atom stereocenters. The largest absolute Gasteiger partial charge is 0.352 e. The van der Waals surface area contributed by atoms with Crippen molar-refractivity contribution in [3.63, 3.8) is 0 Å². The highest BCUT2D eigenvalue weighted by atomic mass is 19.1. The van der Waals surface area contributed by atoms with E-state index in [-0.39, 0.29) is 18.3 Å². The van der Waals surface area contributed by atoms with Gasteiger partial charge in [0.2, 0.25) is 11.7 Å². The molecular formula is C12H12FN5O. The number of nitrogens with zero attached hydrogens (tertiary/aromatic N) is 4. The van der Waals surface area contributed by atoms with Crippen molar-refractivity contribution in [1.29, 1.82) is 0 Å². The van der Waals surface area contributed by atoms with Gasteiger partial charge in [0.15, 0.2) is 0 Å². The van der Waals surface area contributed by atoms with Crippen molar-refractivity contribution in [3.05, 3.63) is 30.1 Å². The highest BCUT2D eigenvalue weighted by Gasteiger charge is 2.23. The van der Waals surface area contributed by atoms with E-state index < -0.39 is 0 Å². The van der Waals surface area contributed by atoms with Gasteiger partial charge in [-0.15, -0.1) is 10.2 Å². The number of aromatic nitrogens is 4. The Morgan fingerprint density at radius 2 is 2.11 bits per heavy atom. The zero-order valence-corrected chi connectivity index (χ0v) is 10.1. The number of hydrogen-bond acceptors (Lipinski definition) is 4. The molecular weight excluding hydrogens is 249 g/mol. The molecule has 1 N–H and O–H groups in total. The summed E-state index contributed by atoms with van der Waals surface area (Å²) in [5.41, 5.74) is 0.662. The second-order valence-corrected chi connectivity index (χ2v) is 4.49. The van der Waals surface area contributed by atoms with Crippen LogP contribution in [0.5, 0.6) is 0 Å². The molecule has 0 unspecified atom stereocenters. The van der Waals surface area contributed by atoms with Gasteiger partial charge in [-0.25, -0.2) is 4.39 Å². The fourth-order valence-electron chi connectivity index (χ4n) is 1.65. The molecule has 0 bridgehead atoms. The van der Waals surface area contributed by atoms with Crippen molar-refractivity contribution < 1.29 is 9.18 Å². The van der Waals surface area contributed by atoms with Crippen LogP contribution in [-0.4, -0.2) is 32.2 Å². The first-order valence-corrected chi connectivity index (χ1v) is 6.04. The second kappa shape index (κ2) is 4.75. The number of halogens is 1. The minimum Gasteiger partial charge on any atom is -0.352 e. The Morgan fingerprint density at radius 1 is 1.37 bits per heavy atom. The Hall–Kier alpha value is -2.31. The van der Waals surface area contributed by atoms with Crippen LogP contribution in [0.4, 0.5) is 4.39 Å². The Kier molecular flexibility index (Phi) is 2.94. The SMILES string of the molecule is O=C(Cn1nnc(-c2ccc(F)cc2)n1)NC1CC1. The molecule has 1 heterocycles. The molecule has 6 nitrogen and oxygen atoms in total. The summed E-state index contributed by atoms with van der Waals surface area (Å²) >= 11 is 0. The summed E-state index contributed by atoms with van der Waals surface area (Å²) in [6, 6.07) is 6.11. The number of rotatable bonds is 4. The summed E-state index contributed by atoms with van der Waals surface area (Å²) in [7, 11) is 0. The predicted molar refractivity (Wildman–Crippen MR) is 64.4 cm³/mol. The summed E-state index contributed by atoms with van der Waals surface area (Å²) < 4.78 is 12.8. The van der Waals surface area contributed by atoms with Crippen molar-refractivity contribution in [3.8, 4) is 11.4 Å². The molecule has 1 aromatic heterocycles. The Balaban J connectivity index is 1.68. The Labute approximate surface area is 108 Å². The summed E-state index contributed by atoms with van der Waals surface area (Å²) in [4.78, 5) is 12.8. The monoisotopic (exact) mass is 261 g/mol. The molecule has 1 aliphatic rings.